The second kappa shape index (κ2) is 6.53. The van der Waals surface area contributed by atoms with Crippen LogP contribution in [-0.2, 0) is 15.8 Å². The van der Waals surface area contributed by atoms with Crippen molar-refractivity contribution in [3.05, 3.63) is 35.4 Å². The lowest BCUT2D eigenvalue weighted by molar-refractivity contribution is 0.509. The highest BCUT2D eigenvalue weighted by Gasteiger charge is 2.20. The van der Waals surface area contributed by atoms with Crippen molar-refractivity contribution in [2.45, 2.75) is 57.2 Å². The fourth-order valence-electron chi connectivity index (χ4n) is 2.67. The molecule has 2 rings (SSSR count). The zero-order valence-corrected chi connectivity index (χ0v) is 12.4. The van der Waals surface area contributed by atoms with Crippen LogP contribution in [0.4, 0.5) is 0 Å². The lowest BCUT2D eigenvalue weighted by atomic mass is 10.1. The Balaban J connectivity index is 2.00. The second-order valence-corrected chi connectivity index (χ2v) is 7.25. The van der Waals surface area contributed by atoms with Gasteiger partial charge in [0.05, 0.1) is 5.75 Å². The van der Waals surface area contributed by atoms with Crippen molar-refractivity contribution in [3.63, 3.8) is 0 Å². The van der Waals surface area contributed by atoms with E-state index < -0.39 is 10.0 Å². The van der Waals surface area contributed by atoms with Gasteiger partial charge in [-0.05, 0) is 30.9 Å². The summed E-state index contributed by atoms with van der Waals surface area (Å²) in [5, 5.41) is 0. The number of sulfonamides is 1. The Kier molecular flexibility index (Phi) is 4.99. The Morgan fingerprint density at radius 3 is 2.37 bits per heavy atom. The van der Waals surface area contributed by atoms with E-state index in [2.05, 4.69) is 4.72 Å². The van der Waals surface area contributed by atoms with E-state index in [1.165, 1.54) is 12.8 Å². The predicted octanol–water partition coefficient (Wildman–Crippen LogP) is 3.14. The van der Waals surface area contributed by atoms with Crippen molar-refractivity contribution < 1.29 is 8.42 Å². The molecular formula is C15H23NO2S. The molecule has 0 heterocycles. The first-order valence-corrected chi connectivity index (χ1v) is 8.76. The van der Waals surface area contributed by atoms with Crippen LogP contribution in [-0.4, -0.2) is 14.5 Å². The molecule has 0 aromatic heterocycles. The van der Waals surface area contributed by atoms with Crippen LogP contribution in [0.15, 0.2) is 24.3 Å². The molecule has 0 amide bonds. The van der Waals surface area contributed by atoms with E-state index in [0.717, 1.165) is 36.8 Å². The maximum atomic E-state index is 12.2. The van der Waals surface area contributed by atoms with Crippen LogP contribution < -0.4 is 4.72 Å². The van der Waals surface area contributed by atoms with Crippen molar-refractivity contribution in [1.82, 2.24) is 4.72 Å². The number of hydrogen-bond acceptors (Lipinski definition) is 2. The third-order valence-electron chi connectivity index (χ3n) is 3.81. The third-order valence-corrected chi connectivity index (χ3v) is 5.19. The summed E-state index contributed by atoms with van der Waals surface area (Å²) in [6, 6.07) is 7.81. The number of rotatable bonds is 4. The van der Waals surface area contributed by atoms with Gasteiger partial charge in [0.25, 0.3) is 0 Å². The Hall–Kier alpha value is -0.870. The van der Waals surface area contributed by atoms with Crippen LogP contribution in [0.1, 0.15) is 49.7 Å². The van der Waals surface area contributed by atoms with Crippen LogP contribution in [0.25, 0.3) is 0 Å². The summed E-state index contributed by atoms with van der Waals surface area (Å²) in [6.45, 7) is 1.95. The monoisotopic (exact) mass is 281 g/mol. The van der Waals surface area contributed by atoms with Gasteiger partial charge in [-0.3, -0.25) is 0 Å². The lowest BCUT2D eigenvalue weighted by Crippen LogP contribution is -2.35. The molecule has 106 valence electrons. The summed E-state index contributed by atoms with van der Waals surface area (Å²) < 4.78 is 27.3. The summed E-state index contributed by atoms with van der Waals surface area (Å²) in [7, 11) is -3.22. The largest absolute Gasteiger partial charge is 0.216 e. The molecule has 1 N–H and O–H groups in total. The molecular weight excluding hydrogens is 258 g/mol. The summed E-state index contributed by atoms with van der Waals surface area (Å²) in [4.78, 5) is 0. The maximum Gasteiger partial charge on any atom is 0.216 e. The van der Waals surface area contributed by atoms with Crippen molar-refractivity contribution in [1.29, 1.82) is 0 Å². The standard InChI is InChI=1S/C15H23NO2S/c1-13-8-6-7-9-14(13)12-19(17,18)16-15-10-4-2-3-5-11-15/h6-9,15-16H,2-5,10-12H2,1H3. The maximum absolute atomic E-state index is 12.2. The average molecular weight is 281 g/mol. The highest BCUT2D eigenvalue weighted by molar-refractivity contribution is 7.88. The van der Waals surface area contributed by atoms with Crippen molar-refractivity contribution in [2.24, 2.45) is 0 Å². The second-order valence-electron chi connectivity index (χ2n) is 5.49. The molecule has 1 saturated carbocycles. The van der Waals surface area contributed by atoms with Crippen molar-refractivity contribution >= 4 is 10.0 Å². The highest BCUT2D eigenvalue weighted by Crippen LogP contribution is 2.19. The molecule has 0 radical (unpaired) electrons. The van der Waals surface area contributed by atoms with Gasteiger partial charge in [0.1, 0.15) is 0 Å². The minimum absolute atomic E-state index is 0.0934. The van der Waals surface area contributed by atoms with E-state index in [1.807, 2.05) is 31.2 Å². The Bertz CT molecular complexity index is 503. The van der Waals surface area contributed by atoms with Gasteiger partial charge in [0.2, 0.25) is 10.0 Å². The van der Waals surface area contributed by atoms with Crippen molar-refractivity contribution in [3.8, 4) is 0 Å². The Morgan fingerprint density at radius 1 is 1.11 bits per heavy atom. The van der Waals surface area contributed by atoms with Crippen LogP contribution in [0, 0.1) is 6.92 Å². The Labute approximate surface area is 116 Å². The van der Waals surface area contributed by atoms with E-state index in [1.54, 1.807) is 0 Å². The normalized spacial score (nSPS) is 18.2. The van der Waals surface area contributed by atoms with Crippen LogP contribution in [0.2, 0.25) is 0 Å². The zero-order valence-electron chi connectivity index (χ0n) is 11.6. The van der Waals surface area contributed by atoms with Crippen LogP contribution in [0.3, 0.4) is 0 Å². The number of benzene rings is 1. The van der Waals surface area contributed by atoms with Gasteiger partial charge < -0.3 is 0 Å². The molecule has 4 heteroatoms. The molecule has 0 atom stereocenters. The smallest absolute Gasteiger partial charge is 0.212 e. The topological polar surface area (TPSA) is 46.2 Å². The van der Waals surface area contributed by atoms with Gasteiger partial charge in [0.15, 0.2) is 0 Å². The fourth-order valence-corrected chi connectivity index (χ4v) is 4.23. The molecule has 1 aromatic carbocycles. The van der Waals surface area contributed by atoms with Gasteiger partial charge in [-0.2, -0.15) is 0 Å². The first-order valence-electron chi connectivity index (χ1n) is 7.11. The van der Waals surface area contributed by atoms with Crippen molar-refractivity contribution in [2.75, 3.05) is 0 Å². The van der Waals surface area contributed by atoms with Gasteiger partial charge in [0, 0.05) is 6.04 Å². The van der Waals surface area contributed by atoms with Gasteiger partial charge in [-0.25, -0.2) is 13.1 Å². The molecule has 1 aromatic rings. The molecule has 3 nitrogen and oxygen atoms in total. The van der Waals surface area contributed by atoms with E-state index >= 15 is 0 Å². The molecule has 0 bridgehead atoms. The lowest BCUT2D eigenvalue weighted by Gasteiger charge is -2.16. The molecule has 19 heavy (non-hydrogen) atoms. The molecule has 0 spiro atoms. The number of aryl methyl sites for hydroxylation is 1. The summed E-state index contributed by atoms with van der Waals surface area (Å²) in [5.74, 6) is 0.0934. The first-order chi connectivity index (χ1) is 9.07. The summed E-state index contributed by atoms with van der Waals surface area (Å²) >= 11 is 0. The molecule has 1 aliphatic carbocycles. The molecule has 0 saturated heterocycles. The number of nitrogens with one attached hydrogen (secondary N) is 1. The van der Waals surface area contributed by atoms with E-state index in [0.29, 0.717) is 0 Å². The first kappa shape index (κ1) is 14.5. The average Bonchev–Trinajstić information content (AvgIpc) is 2.60. The van der Waals surface area contributed by atoms with E-state index in [9.17, 15) is 8.42 Å². The summed E-state index contributed by atoms with van der Waals surface area (Å²) in [6.07, 6.45) is 6.70. The zero-order chi connectivity index (χ0) is 13.7. The highest BCUT2D eigenvalue weighted by atomic mass is 32.2. The summed E-state index contributed by atoms with van der Waals surface area (Å²) in [5.41, 5.74) is 1.93. The van der Waals surface area contributed by atoms with Crippen LogP contribution >= 0.6 is 0 Å². The third kappa shape index (κ3) is 4.62. The minimum atomic E-state index is -3.22. The van der Waals surface area contributed by atoms with Crippen LogP contribution in [0.5, 0.6) is 0 Å². The van der Waals surface area contributed by atoms with Gasteiger partial charge >= 0.3 is 0 Å². The van der Waals surface area contributed by atoms with Gasteiger partial charge in [-0.1, -0.05) is 49.9 Å². The molecule has 1 aliphatic rings. The molecule has 0 aliphatic heterocycles. The molecule has 0 unspecified atom stereocenters. The fraction of sp³-hybridized carbons (Fsp3) is 0.600. The molecule has 1 fully saturated rings. The van der Waals surface area contributed by atoms with E-state index in [-0.39, 0.29) is 11.8 Å². The minimum Gasteiger partial charge on any atom is -0.212 e. The Morgan fingerprint density at radius 2 is 1.74 bits per heavy atom. The SMILES string of the molecule is Cc1ccccc1CS(=O)(=O)NC1CCCCCC1. The quantitative estimate of drug-likeness (QED) is 0.862. The van der Waals surface area contributed by atoms with Gasteiger partial charge in [-0.15, -0.1) is 0 Å². The van der Waals surface area contributed by atoms with E-state index in [4.69, 9.17) is 0 Å². The predicted molar refractivity (Wildman–Crippen MR) is 78.4 cm³/mol. The number of hydrogen-bond donors (Lipinski definition) is 1.